The second-order valence-electron chi connectivity index (χ2n) is 4.88. The van der Waals surface area contributed by atoms with Gasteiger partial charge in [-0.05, 0) is 35.7 Å². The van der Waals surface area contributed by atoms with Crippen molar-refractivity contribution in [3.05, 3.63) is 59.4 Å². The molecule has 0 aromatic heterocycles. The number of hydrogen-bond donors (Lipinski definition) is 0. The third-order valence-electron chi connectivity index (χ3n) is 3.51. The van der Waals surface area contributed by atoms with Gasteiger partial charge in [0, 0.05) is 0 Å². The number of nitriles is 1. The van der Waals surface area contributed by atoms with Crippen molar-refractivity contribution in [2.75, 3.05) is 13.2 Å². The molecule has 21 heavy (non-hydrogen) atoms. The van der Waals surface area contributed by atoms with Gasteiger partial charge in [-0.1, -0.05) is 24.3 Å². The maximum absolute atomic E-state index is 13.7. The lowest BCUT2D eigenvalue weighted by atomic mass is 9.92. The first-order valence-electron chi connectivity index (χ1n) is 6.80. The maximum atomic E-state index is 13.7. The lowest BCUT2D eigenvalue weighted by molar-refractivity contribution is 0.171. The molecule has 0 saturated carbocycles. The van der Waals surface area contributed by atoms with Gasteiger partial charge in [0.2, 0.25) is 0 Å². The Kier molecular flexibility index (Phi) is 3.74. The summed E-state index contributed by atoms with van der Waals surface area (Å²) in [5, 5.41) is 9.39. The Bertz CT molecular complexity index is 693. The van der Waals surface area contributed by atoms with E-state index in [-0.39, 0.29) is 5.82 Å². The Balaban J connectivity index is 1.87. The van der Waals surface area contributed by atoms with Crippen LogP contribution in [-0.2, 0) is 6.42 Å². The first-order chi connectivity index (χ1) is 10.3. The van der Waals surface area contributed by atoms with E-state index in [1.54, 1.807) is 24.3 Å². The molecule has 1 aliphatic heterocycles. The summed E-state index contributed by atoms with van der Waals surface area (Å²) in [6, 6.07) is 14.2. The van der Waals surface area contributed by atoms with E-state index >= 15 is 0 Å². The van der Waals surface area contributed by atoms with Crippen LogP contribution in [0.4, 0.5) is 4.39 Å². The van der Waals surface area contributed by atoms with Gasteiger partial charge >= 0.3 is 0 Å². The summed E-state index contributed by atoms with van der Waals surface area (Å²) in [6.07, 6.45) is 0.336. The minimum absolute atomic E-state index is 0.282. The Labute approximate surface area is 122 Å². The topological polar surface area (TPSA) is 42.2 Å². The molecule has 2 aromatic rings. The lowest BCUT2D eigenvalue weighted by Gasteiger charge is -2.20. The fraction of sp³-hybridized carbons (Fsp3) is 0.235. The van der Waals surface area contributed by atoms with Crippen molar-refractivity contribution in [3.8, 4) is 17.6 Å². The van der Waals surface area contributed by atoms with Gasteiger partial charge in [0.25, 0.3) is 0 Å². The first kappa shape index (κ1) is 13.4. The first-order valence-corrected chi connectivity index (χ1v) is 6.80. The SMILES string of the molecule is N#CC(Cc1ccccc1F)c1ccc2c(c1)OCCO2. The molecular weight excluding hydrogens is 269 g/mol. The van der Waals surface area contributed by atoms with Crippen molar-refractivity contribution >= 4 is 0 Å². The molecule has 0 spiro atoms. The van der Waals surface area contributed by atoms with E-state index in [9.17, 15) is 9.65 Å². The zero-order valence-electron chi connectivity index (χ0n) is 11.4. The third-order valence-corrected chi connectivity index (χ3v) is 3.51. The highest BCUT2D eigenvalue weighted by molar-refractivity contribution is 5.46. The fourth-order valence-corrected chi connectivity index (χ4v) is 2.40. The smallest absolute Gasteiger partial charge is 0.161 e. The van der Waals surface area contributed by atoms with Crippen LogP contribution in [0.2, 0.25) is 0 Å². The van der Waals surface area contributed by atoms with Crippen LogP contribution < -0.4 is 9.47 Å². The van der Waals surface area contributed by atoms with Crippen LogP contribution >= 0.6 is 0 Å². The number of halogens is 1. The normalized spacial score (nSPS) is 14.3. The molecule has 0 amide bonds. The average Bonchev–Trinajstić information content (AvgIpc) is 2.54. The van der Waals surface area contributed by atoms with E-state index in [4.69, 9.17) is 9.47 Å². The highest BCUT2D eigenvalue weighted by atomic mass is 19.1. The Morgan fingerprint density at radius 3 is 2.62 bits per heavy atom. The largest absolute Gasteiger partial charge is 0.486 e. The van der Waals surface area contributed by atoms with Crippen molar-refractivity contribution in [1.29, 1.82) is 5.26 Å². The predicted molar refractivity (Wildman–Crippen MR) is 75.9 cm³/mol. The van der Waals surface area contributed by atoms with E-state index in [1.807, 2.05) is 12.1 Å². The minimum Gasteiger partial charge on any atom is -0.486 e. The Morgan fingerprint density at radius 2 is 1.86 bits per heavy atom. The summed E-state index contributed by atoms with van der Waals surface area (Å²) >= 11 is 0. The summed E-state index contributed by atoms with van der Waals surface area (Å²) in [5.74, 6) is 0.633. The zero-order valence-corrected chi connectivity index (χ0v) is 11.4. The number of fused-ring (bicyclic) bond motifs is 1. The number of rotatable bonds is 3. The highest BCUT2D eigenvalue weighted by Gasteiger charge is 2.18. The molecular formula is C17H14FNO2. The molecule has 3 rings (SSSR count). The molecule has 0 fully saturated rings. The average molecular weight is 283 g/mol. The molecule has 0 saturated heterocycles. The van der Waals surface area contributed by atoms with Crippen LogP contribution in [-0.4, -0.2) is 13.2 Å². The third kappa shape index (κ3) is 2.82. The van der Waals surface area contributed by atoms with Crippen LogP contribution in [0.3, 0.4) is 0 Å². The number of nitrogens with zero attached hydrogens (tertiary/aromatic N) is 1. The molecule has 3 nitrogen and oxygen atoms in total. The molecule has 4 heteroatoms. The Hall–Kier alpha value is -2.54. The van der Waals surface area contributed by atoms with Gasteiger partial charge in [-0.15, -0.1) is 0 Å². The van der Waals surface area contributed by atoms with Crippen molar-refractivity contribution in [3.63, 3.8) is 0 Å². The molecule has 0 bridgehead atoms. The number of ether oxygens (including phenoxy) is 2. The predicted octanol–water partition coefficient (Wildman–Crippen LogP) is 3.45. The van der Waals surface area contributed by atoms with Gasteiger partial charge in [-0.25, -0.2) is 4.39 Å². The second-order valence-corrected chi connectivity index (χ2v) is 4.88. The summed E-state index contributed by atoms with van der Waals surface area (Å²) in [5.41, 5.74) is 1.35. The summed E-state index contributed by atoms with van der Waals surface area (Å²) in [7, 11) is 0. The number of hydrogen-bond acceptors (Lipinski definition) is 3. The molecule has 0 radical (unpaired) electrons. The monoisotopic (exact) mass is 283 g/mol. The van der Waals surface area contributed by atoms with Crippen LogP contribution in [0.15, 0.2) is 42.5 Å². The molecule has 0 N–H and O–H groups in total. The van der Waals surface area contributed by atoms with Gasteiger partial charge in [0.15, 0.2) is 11.5 Å². The van der Waals surface area contributed by atoms with Crippen LogP contribution in [0, 0.1) is 17.1 Å². The van der Waals surface area contributed by atoms with Gasteiger partial charge < -0.3 is 9.47 Å². The molecule has 1 heterocycles. The van der Waals surface area contributed by atoms with Crippen LogP contribution in [0.25, 0.3) is 0 Å². The van der Waals surface area contributed by atoms with E-state index in [1.165, 1.54) is 6.07 Å². The van der Waals surface area contributed by atoms with Gasteiger partial charge in [-0.3, -0.25) is 0 Å². The van der Waals surface area contributed by atoms with E-state index in [0.29, 0.717) is 36.7 Å². The van der Waals surface area contributed by atoms with Crippen molar-refractivity contribution < 1.29 is 13.9 Å². The molecule has 106 valence electrons. The van der Waals surface area contributed by atoms with Crippen LogP contribution in [0.1, 0.15) is 17.0 Å². The molecule has 1 aliphatic rings. The van der Waals surface area contributed by atoms with E-state index in [2.05, 4.69) is 6.07 Å². The van der Waals surface area contributed by atoms with Crippen molar-refractivity contribution in [2.45, 2.75) is 12.3 Å². The molecule has 0 aliphatic carbocycles. The minimum atomic E-state index is -0.419. The zero-order chi connectivity index (χ0) is 14.7. The second kappa shape index (κ2) is 5.84. The van der Waals surface area contributed by atoms with Crippen molar-refractivity contribution in [1.82, 2.24) is 0 Å². The van der Waals surface area contributed by atoms with E-state index < -0.39 is 5.92 Å². The maximum Gasteiger partial charge on any atom is 0.161 e. The van der Waals surface area contributed by atoms with Gasteiger partial charge in [-0.2, -0.15) is 5.26 Å². The molecule has 2 aromatic carbocycles. The number of benzene rings is 2. The van der Waals surface area contributed by atoms with Gasteiger partial charge in [0.1, 0.15) is 19.0 Å². The van der Waals surface area contributed by atoms with Crippen molar-refractivity contribution in [2.24, 2.45) is 0 Å². The summed E-state index contributed by atoms with van der Waals surface area (Å²) in [4.78, 5) is 0. The summed E-state index contributed by atoms with van der Waals surface area (Å²) < 4.78 is 24.7. The van der Waals surface area contributed by atoms with Crippen LogP contribution in [0.5, 0.6) is 11.5 Å². The standard InChI is InChI=1S/C17H14FNO2/c18-15-4-2-1-3-13(15)9-14(11-19)12-5-6-16-17(10-12)21-8-7-20-16/h1-6,10,14H,7-9H2. The van der Waals surface area contributed by atoms with E-state index in [0.717, 1.165) is 5.56 Å². The quantitative estimate of drug-likeness (QED) is 0.866. The molecule has 1 atom stereocenters. The lowest BCUT2D eigenvalue weighted by Crippen LogP contribution is -2.15. The summed E-state index contributed by atoms with van der Waals surface area (Å²) in [6.45, 7) is 1.03. The van der Waals surface area contributed by atoms with Gasteiger partial charge in [0.05, 0.1) is 12.0 Å². The highest BCUT2D eigenvalue weighted by Crippen LogP contribution is 2.34. The Morgan fingerprint density at radius 1 is 1.10 bits per heavy atom. The fourth-order valence-electron chi connectivity index (χ4n) is 2.40. The molecule has 1 unspecified atom stereocenters.